The van der Waals surface area contributed by atoms with Crippen molar-refractivity contribution in [2.24, 2.45) is 11.7 Å². The molecule has 0 unspecified atom stereocenters. The lowest BCUT2D eigenvalue weighted by atomic mass is 9.99. The molecule has 2 heterocycles. The molecule has 1 fully saturated rings. The Morgan fingerprint density at radius 3 is 3.12 bits per heavy atom. The van der Waals surface area contributed by atoms with Crippen molar-refractivity contribution in [1.82, 2.24) is 4.98 Å². The van der Waals surface area contributed by atoms with E-state index >= 15 is 0 Å². The van der Waals surface area contributed by atoms with Gasteiger partial charge in [-0.05, 0) is 37.4 Å². The maximum absolute atomic E-state index is 5.77. The molecular formula is C13H17N3S. The van der Waals surface area contributed by atoms with Gasteiger partial charge in [-0.15, -0.1) is 0 Å². The number of hydrogen-bond acceptors (Lipinski definition) is 4. The molecular weight excluding hydrogens is 230 g/mol. The number of nitrogens with zero attached hydrogens (tertiary/aromatic N) is 2. The fraction of sp³-hybridized carbons (Fsp3) is 0.462. The third-order valence-corrected chi connectivity index (χ3v) is 4.50. The predicted octanol–water partition coefficient (Wildman–Crippen LogP) is 2.47. The summed E-state index contributed by atoms with van der Waals surface area (Å²) in [4.78, 5) is 7.10. The average Bonchev–Trinajstić information content (AvgIpc) is 2.82. The number of rotatable bonds is 2. The van der Waals surface area contributed by atoms with Crippen molar-refractivity contribution in [3.05, 3.63) is 24.3 Å². The first-order valence-electron chi connectivity index (χ1n) is 6.17. The second kappa shape index (κ2) is 4.63. The summed E-state index contributed by atoms with van der Waals surface area (Å²) in [7, 11) is 0. The van der Waals surface area contributed by atoms with Crippen molar-refractivity contribution in [3.63, 3.8) is 0 Å². The molecule has 2 aromatic rings. The highest BCUT2D eigenvalue weighted by Gasteiger charge is 2.21. The van der Waals surface area contributed by atoms with Crippen molar-refractivity contribution in [2.75, 3.05) is 24.5 Å². The summed E-state index contributed by atoms with van der Waals surface area (Å²) in [6, 6.07) is 8.34. The number of piperidine rings is 1. The lowest BCUT2D eigenvalue weighted by Crippen LogP contribution is -2.38. The predicted molar refractivity (Wildman–Crippen MR) is 73.6 cm³/mol. The maximum Gasteiger partial charge on any atom is 0.186 e. The zero-order valence-corrected chi connectivity index (χ0v) is 10.6. The second-order valence-corrected chi connectivity index (χ2v) is 5.66. The van der Waals surface area contributed by atoms with Crippen LogP contribution < -0.4 is 10.6 Å². The molecule has 3 nitrogen and oxygen atoms in total. The van der Waals surface area contributed by atoms with Crippen molar-refractivity contribution >= 4 is 26.7 Å². The number of anilines is 1. The van der Waals surface area contributed by atoms with Gasteiger partial charge in [0.05, 0.1) is 10.2 Å². The molecule has 0 aliphatic carbocycles. The Kier molecular flexibility index (Phi) is 2.99. The molecule has 90 valence electrons. The van der Waals surface area contributed by atoms with E-state index in [4.69, 9.17) is 10.7 Å². The third-order valence-electron chi connectivity index (χ3n) is 3.41. The number of hydrogen-bond donors (Lipinski definition) is 1. The van der Waals surface area contributed by atoms with Gasteiger partial charge in [-0.3, -0.25) is 0 Å². The lowest BCUT2D eigenvalue weighted by Gasteiger charge is -2.31. The summed E-state index contributed by atoms with van der Waals surface area (Å²) >= 11 is 1.79. The van der Waals surface area contributed by atoms with Gasteiger partial charge in [0, 0.05) is 13.1 Å². The number of benzene rings is 1. The highest BCUT2D eigenvalue weighted by Crippen LogP contribution is 2.31. The van der Waals surface area contributed by atoms with Crippen LogP contribution in [0, 0.1) is 5.92 Å². The molecule has 2 N–H and O–H groups in total. The first kappa shape index (κ1) is 11.0. The quantitative estimate of drug-likeness (QED) is 0.886. The fourth-order valence-electron chi connectivity index (χ4n) is 2.43. The van der Waals surface area contributed by atoms with E-state index in [-0.39, 0.29) is 0 Å². The Hall–Kier alpha value is -1.13. The Labute approximate surface area is 105 Å². The van der Waals surface area contributed by atoms with Crippen LogP contribution in [0.5, 0.6) is 0 Å². The zero-order valence-electron chi connectivity index (χ0n) is 9.80. The summed E-state index contributed by atoms with van der Waals surface area (Å²) in [6.45, 7) is 2.98. The Morgan fingerprint density at radius 2 is 2.29 bits per heavy atom. The molecule has 1 aromatic heterocycles. The van der Waals surface area contributed by atoms with Crippen LogP contribution in [0.3, 0.4) is 0 Å². The fourth-order valence-corrected chi connectivity index (χ4v) is 3.43. The molecule has 1 saturated heterocycles. The van der Waals surface area contributed by atoms with Crippen LogP contribution >= 0.6 is 11.3 Å². The molecule has 0 amide bonds. The molecule has 4 heteroatoms. The number of aromatic nitrogens is 1. The molecule has 3 rings (SSSR count). The zero-order chi connectivity index (χ0) is 11.7. The van der Waals surface area contributed by atoms with Crippen LogP contribution in [-0.4, -0.2) is 24.6 Å². The maximum atomic E-state index is 5.77. The van der Waals surface area contributed by atoms with E-state index in [0.29, 0.717) is 5.92 Å². The molecule has 1 aromatic carbocycles. The highest BCUT2D eigenvalue weighted by atomic mass is 32.1. The Balaban J connectivity index is 1.87. The molecule has 0 saturated carbocycles. The molecule has 1 aliphatic heterocycles. The molecule has 0 radical (unpaired) electrons. The summed E-state index contributed by atoms with van der Waals surface area (Å²) in [6.07, 6.45) is 2.50. The van der Waals surface area contributed by atoms with E-state index in [9.17, 15) is 0 Å². The number of fused-ring (bicyclic) bond motifs is 1. The van der Waals surface area contributed by atoms with E-state index in [1.807, 2.05) is 6.07 Å². The average molecular weight is 247 g/mol. The van der Waals surface area contributed by atoms with E-state index < -0.39 is 0 Å². The van der Waals surface area contributed by atoms with Crippen molar-refractivity contribution in [3.8, 4) is 0 Å². The second-order valence-electron chi connectivity index (χ2n) is 4.65. The van der Waals surface area contributed by atoms with E-state index in [0.717, 1.165) is 30.3 Å². The first-order valence-corrected chi connectivity index (χ1v) is 6.99. The van der Waals surface area contributed by atoms with Gasteiger partial charge in [-0.25, -0.2) is 4.98 Å². The SMILES string of the molecule is NC[C@H]1CCCN(c2nc3ccccc3s2)C1. The van der Waals surface area contributed by atoms with Crippen LogP contribution in [0.2, 0.25) is 0 Å². The molecule has 0 bridgehead atoms. The minimum atomic E-state index is 0.635. The first-order chi connectivity index (χ1) is 8.36. The van der Waals surface area contributed by atoms with Gasteiger partial charge in [-0.2, -0.15) is 0 Å². The number of para-hydroxylation sites is 1. The van der Waals surface area contributed by atoms with Crippen LogP contribution in [0.4, 0.5) is 5.13 Å². The minimum absolute atomic E-state index is 0.635. The smallest absolute Gasteiger partial charge is 0.186 e. The topological polar surface area (TPSA) is 42.1 Å². The Bertz CT molecular complexity index is 475. The van der Waals surface area contributed by atoms with E-state index in [2.05, 4.69) is 23.1 Å². The van der Waals surface area contributed by atoms with Crippen LogP contribution in [0.25, 0.3) is 10.2 Å². The molecule has 0 spiro atoms. The number of thiazole rings is 1. The molecule has 1 atom stereocenters. The minimum Gasteiger partial charge on any atom is -0.348 e. The van der Waals surface area contributed by atoms with Gasteiger partial charge in [-0.1, -0.05) is 23.5 Å². The van der Waals surface area contributed by atoms with Crippen LogP contribution in [0.1, 0.15) is 12.8 Å². The molecule has 1 aliphatic rings. The normalized spacial score (nSPS) is 21.0. The Morgan fingerprint density at radius 1 is 1.41 bits per heavy atom. The van der Waals surface area contributed by atoms with Gasteiger partial charge in [0.25, 0.3) is 0 Å². The highest BCUT2D eigenvalue weighted by molar-refractivity contribution is 7.22. The van der Waals surface area contributed by atoms with Gasteiger partial charge in [0.1, 0.15) is 0 Å². The number of nitrogens with two attached hydrogens (primary N) is 1. The van der Waals surface area contributed by atoms with E-state index in [1.54, 1.807) is 11.3 Å². The van der Waals surface area contributed by atoms with Crippen LogP contribution in [0.15, 0.2) is 24.3 Å². The van der Waals surface area contributed by atoms with Gasteiger partial charge < -0.3 is 10.6 Å². The summed E-state index contributed by atoms with van der Waals surface area (Å²) < 4.78 is 1.28. The summed E-state index contributed by atoms with van der Waals surface area (Å²) in [5.41, 5.74) is 6.89. The third kappa shape index (κ3) is 2.15. The summed E-state index contributed by atoms with van der Waals surface area (Å²) in [5.74, 6) is 0.635. The standard InChI is InChI=1S/C13H17N3S/c14-8-10-4-3-7-16(9-10)13-15-11-5-1-2-6-12(11)17-13/h1-2,5-6,10H,3-4,7-9,14H2/t10-/m1/s1. The molecule has 17 heavy (non-hydrogen) atoms. The van der Waals surface area contributed by atoms with Crippen molar-refractivity contribution in [2.45, 2.75) is 12.8 Å². The van der Waals surface area contributed by atoms with Crippen LogP contribution in [-0.2, 0) is 0 Å². The van der Waals surface area contributed by atoms with Gasteiger partial charge >= 0.3 is 0 Å². The van der Waals surface area contributed by atoms with Gasteiger partial charge in [0.15, 0.2) is 5.13 Å². The van der Waals surface area contributed by atoms with Crippen molar-refractivity contribution in [1.29, 1.82) is 0 Å². The monoisotopic (exact) mass is 247 g/mol. The van der Waals surface area contributed by atoms with Crippen molar-refractivity contribution < 1.29 is 0 Å². The van der Waals surface area contributed by atoms with Gasteiger partial charge in [0.2, 0.25) is 0 Å². The summed E-state index contributed by atoms with van der Waals surface area (Å²) in [5, 5.41) is 1.16. The largest absolute Gasteiger partial charge is 0.348 e. The lowest BCUT2D eigenvalue weighted by molar-refractivity contribution is 0.423. The van der Waals surface area contributed by atoms with E-state index in [1.165, 1.54) is 17.5 Å².